The van der Waals surface area contributed by atoms with Crippen molar-refractivity contribution >= 4 is 11.7 Å². The van der Waals surface area contributed by atoms with E-state index in [-0.39, 0.29) is 0 Å². The average Bonchev–Trinajstić information content (AvgIpc) is 3.72. The molecule has 0 saturated carbocycles. The molecule has 0 aromatic rings. The minimum atomic E-state index is 0.716. The lowest BCUT2D eigenvalue weighted by Gasteiger charge is -2.36. The van der Waals surface area contributed by atoms with Crippen molar-refractivity contribution in [2.75, 3.05) is 91.6 Å². The van der Waals surface area contributed by atoms with E-state index in [1.165, 1.54) is 205 Å². The van der Waals surface area contributed by atoms with Crippen molar-refractivity contribution in [3.63, 3.8) is 0 Å². The van der Waals surface area contributed by atoms with Gasteiger partial charge in [0.25, 0.3) is 0 Å². The van der Waals surface area contributed by atoms with Gasteiger partial charge in [0.2, 0.25) is 0 Å². The molecular formula is C42H88N8+2. The Kier molecular flexibility index (Phi) is 27.7. The molecule has 0 saturated heterocycles. The smallest absolute Gasteiger partial charge is 0.198 e. The second-order valence-electron chi connectivity index (χ2n) is 15.9. The van der Waals surface area contributed by atoms with Crippen LogP contribution >= 0.6 is 0 Å². The molecule has 8 nitrogen and oxygen atoms in total. The van der Waals surface area contributed by atoms with Crippen molar-refractivity contribution in [1.29, 1.82) is 0 Å². The molecule has 2 heterocycles. The summed E-state index contributed by atoms with van der Waals surface area (Å²) >= 11 is 0. The van der Waals surface area contributed by atoms with E-state index in [1.807, 2.05) is 0 Å². The lowest BCUT2D eigenvalue weighted by atomic mass is 10.1. The highest BCUT2D eigenvalue weighted by atomic mass is 15.4. The van der Waals surface area contributed by atoms with Gasteiger partial charge in [-0.2, -0.15) is 0 Å². The Morgan fingerprint density at radius 2 is 0.780 bits per heavy atom. The van der Waals surface area contributed by atoms with Crippen LogP contribution in [0, 0.1) is 0 Å². The summed E-state index contributed by atoms with van der Waals surface area (Å²) in [4.78, 5) is 10.3. The number of nitrogens with two attached hydrogens (primary N) is 2. The second-order valence-corrected chi connectivity index (χ2v) is 15.9. The number of hydrogen-bond donors (Lipinski definition) is 4. The monoisotopic (exact) mass is 705 g/mol. The topological polar surface area (TPSA) is 101 Å². The molecule has 6 N–H and O–H groups in total. The minimum Gasteiger partial charge on any atom is -0.329 e. The summed E-state index contributed by atoms with van der Waals surface area (Å²) in [7, 11) is 0. The van der Waals surface area contributed by atoms with Gasteiger partial charge in [0.15, 0.2) is 11.7 Å². The molecule has 294 valence electrons. The van der Waals surface area contributed by atoms with Crippen LogP contribution in [0.25, 0.3) is 0 Å². The fourth-order valence-electron chi connectivity index (χ4n) is 8.53. The van der Waals surface area contributed by atoms with Gasteiger partial charge >= 0.3 is 0 Å². The Bertz CT molecular complexity index is 780. The first-order valence-electron chi connectivity index (χ1n) is 22.3. The molecule has 2 unspecified atom stereocenters. The summed E-state index contributed by atoms with van der Waals surface area (Å²) in [5.74, 6) is 3.01. The largest absolute Gasteiger partial charge is 0.329 e. The Hall–Kier alpha value is -0.900. The summed E-state index contributed by atoms with van der Waals surface area (Å²) in [6.07, 6.45) is 32.7. The van der Waals surface area contributed by atoms with Gasteiger partial charge in [0.05, 0.1) is 39.3 Å². The third-order valence-corrected chi connectivity index (χ3v) is 11.7. The molecule has 0 bridgehead atoms. The van der Waals surface area contributed by atoms with Crippen molar-refractivity contribution in [3.8, 4) is 0 Å². The average molecular weight is 705 g/mol. The van der Waals surface area contributed by atoms with Gasteiger partial charge < -0.3 is 22.1 Å². The van der Waals surface area contributed by atoms with Gasteiger partial charge in [-0.15, -0.1) is 0 Å². The highest BCUT2D eigenvalue weighted by Crippen LogP contribution is 2.24. The number of unbranched alkanes of at least 4 members (excludes halogenated alkanes) is 19. The molecule has 0 aromatic heterocycles. The van der Waals surface area contributed by atoms with Crippen LogP contribution in [0.2, 0.25) is 0 Å². The van der Waals surface area contributed by atoms with Crippen molar-refractivity contribution in [2.45, 2.75) is 168 Å². The first-order valence-corrected chi connectivity index (χ1v) is 22.3. The molecule has 8 heteroatoms. The molecule has 2 atom stereocenters. The maximum atomic E-state index is 5.80. The van der Waals surface area contributed by atoms with Crippen LogP contribution in [0.1, 0.15) is 168 Å². The van der Waals surface area contributed by atoms with E-state index in [0.717, 1.165) is 48.2 Å². The van der Waals surface area contributed by atoms with E-state index >= 15 is 0 Å². The zero-order valence-electron chi connectivity index (χ0n) is 33.8. The summed E-state index contributed by atoms with van der Waals surface area (Å²) in [5, 5.41) is 7.20. The quantitative estimate of drug-likeness (QED) is 0.0390. The van der Waals surface area contributed by atoms with E-state index in [0.29, 0.717) is 13.1 Å². The van der Waals surface area contributed by atoms with Gasteiger partial charge in [0, 0.05) is 52.1 Å². The summed E-state index contributed by atoms with van der Waals surface area (Å²) in [5.41, 5.74) is 11.6. The number of amidine groups is 2. The molecular weight excluding hydrogens is 617 g/mol. The first-order chi connectivity index (χ1) is 24.7. The molecule has 0 fully saturated rings. The zero-order chi connectivity index (χ0) is 35.9. The number of aliphatic imine (C=N–C) groups is 2. The predicted octanol–water partition coefficient (Wildman–Crippen LogP) is 7.94. The van der Waals surface area contributed by atoms with Crippen LogP contribution in [-0.4, -0.2) is 112 Å². The summed E-state index contributed by atoms with van der Waals surface area (Å²) in [6, 6.07) is 0. The number of nitrogens with one attached hydrogen (secondary N) is 2. The molecule has 2 aliphatic heterocycles. The third kappa shape index (κ3) is 19.3. The molecule has 0 aromatic carbocycles. The molecule has 50 heavy (non-hydrogen) atoms. The summed E-state index contributed by atoms with van der Waals surface area (Å²) < 4.78 is 2.27. The fourth-order valence-corrected chi connectivity index (χ4v) is 8.53. The van der Waals surface area contributed by atoms with Gasteiger partial charge in [-0.3, -0.25) is 8.97 Å². The van der Waals surface area contributed by atoms with Gasteiger partial charge in [-0.1, -0.05) is 117 Å². The van der Waals surface area contributed by atoms with Crippen LogP contribution in [0.4, 0.5) is 0 Å². The SMILES string of the molecule is CCCCCCCCCCCC1=NCC[N+]1(CCCCCC[N+]1(CCNCCN)CCN=C1CCCCCCCCCCC)CCNCCN. The molecule has 0 amide bonds. The fraction of sp³-hybridized carbons (Fsp3) is 0.952. The Balaban J connectivity index is 1.80. The number of nitrogens with zero attached hydrogens (tertiary/aromatic N) is 4. The Labute approximate surface area is 311 Å². The maximum Gasteiger partial charge on any atom is 0.198 e. The maximum absolute atomic E-state index is 5.80. The van der Waals surface area contributed by atoms with E-state index in [2.05, 4.69) is 24.5 Å². The number of quaternary nitrogens is 2. The number of hydrogen-bond acceptors (Lipinski definition) is 6. The van der Waals surface area contributed by atoms with Crippen LogP contribution in [0.15, 0.2) is 9.98 Å². The van der Waals surface area contributed by atoms with Gasteiger partial charge in [0.1, 0.15) is 13.1 Å². The highest BCUT2D eigenvalue weighted by molar-refractivity contribution is 5.77. The first kappa shape index (κ1) is 45.3. The van der Waals surface area contributed by atoms with Crippen LogP contribution in [0.3, 0.4) is 0 Å². The van der Waals surface area contributed by atoms with E-state index < -0.39 is 0 Å². The Morgan fingerprint density at radius 3 is 1.14 bits per heavy atom. The molecule has 2 aliphatic rings. The highest BCUT2D eigenvalue weighted by Gasteiger charge is 2.38. The standard InChI is InChI=1S/C42H88N8/c1-3-5-7-9-11-13-15-17-21-25-41-47-33-39-49(41,37-31-45-29-27-43)35-23-19-20-24-36-50(38-32-46-30-28-44)40-34-48-42(50)26-22-18-16-14-12-10-8-6-4-2/h45-46H,3-40,43-44H2,1-2H3/q+2. The van der Waals surface area contributed by atoms with Crippen LogP contribution in [-0.2, 0) is 0 Å². The number of rotatable bonds is 37. The normalized spacial score (nSPS) is 20.6. The lowest BCUT2D eigenvalue weighted by Crippen LogP contribution is -2.55. The van der Waals surface area contributed by atoms with E-state index in [9.17, 15) is 0 Å². The van der Waals surface area contributed by atoms with Gasteiger partial charge in [-0.25, -0.2) is 9.98 Å². The Morgan fingerprint density at radius 1 is 0.440 bits per heavy atom. The molecule has 0 radical (unpaired) electrons. The molecule has 2 rings (SSSR count). The van der Waals surface area contributed by atoms with Crippen LogP contribution < -0.4 is 22.1 Å². The van der Waals surface area contributed by atoms with Gasteiger partial charge in [-0.05, 0) is 38.5 Å². The zero-order valence-corrected chi connectivity index (χ0v) is 33.8. The van der Waals surface area contributed by atoms with Crippen molar-refractivity contribution in [1.82, 2.24) is 10.6 Å². The predicted molar refractivity (Wildman–Crippen MR) is 220 cm³/mol. The van der Waals surface area contributed by atoms with Crippen molar-refractivity contribution < 1.29 is 8.97 Å². The van der Waals surface area contributed by atoms with Crippen molar-refractivity contribution in [2.24, 2.45) is 21.5 Å². The molecule has 0 aliphatic carbocycles. The second kappa shape index (κ2) is 30.6. The minimum absolute atomic E-state index is 0.716. The van der Waals surface area contributed by atoms with E-state index in [4.69, 9.17) is 21.5 Å². The van der Waals surface area contributed by atoms with Crippen molar-refractivity contribution in [3.05, 3.63) is 0 Å². The summed E-state index contributed by atoms with van der Waals surface area (Å²) in [6.45, 7) is 19.3. The van der Waals surface area contributed by atoms with Crippen LogP contribution in [0.5, 0.6) is 0 Å². The molecule has 0 spiro atoms. The third-order valence-electron chi connectivity index (χ3n) is 11.7. The lowest BCUT2D eigenvalue weighted by molar-refractivity contribution is -0.836. The van der Waals surface area contributed by atoms with E-state index in [1.54, 1.807) is 0 Å².